The maximum absolute atomic E-state index is 13.3. The molecule has 0 atom stereocenters. The normalized spacial score (nSPS) is 21.1. The number of sulfonamides is 1. The maximum atomic E-state index is 13.3. The molecule has 2 rings (SSSR count). The Hall–Kier alpha value is -2.16. The third-order valence-electron chi connectivity index (χ3n) is 3.98. The van der Waals surface area contributed by atoms with E-state index in [1.54, 1.807) is 0 Å². The monoisotopic (exact) mass is 358 g/mol. The Morgan fingerprint density at radius 3 is 2.25 bits per heavy atom. The van der Waals surface area contributed by atoms with Crippen molar-refractivity contribution in [3.63, 3.8) is 0 Å². The molecule has 24 heavy (non-hydrogen) atoms. The van der Waals surface area contributed by atoms with Crippen molar-refractivity contribution in [1.29, 1.82) is 0 Å². The average molecular weight is 358 g/mol. The van der Waals surface area contributed by atoms with Crippen LogP contribution < -0.4 is 10.0 Å². The Morgan fingerprint density at radius 2 is 1.71 bits per heavy atom. The topological polar surface area (TPSA) is 113 Å². The second kappa shape index (κ2) is 7.16. The van der Waals surface area contributed by atoms with E-state index in [2.05, 4.69) is 10.0 Å². The molecule has 132 valence electrons. The van der Waals surface area contributed by atoms with Crippen molar-refractivity contribution in [2.75, 3.05) is 16.3 Å². The van der Waals surface area contributed by atoms with Gasteiger partial charge < -0.3 is 10.4 Å². The third kappa shape index (κ3) is 4.92. The number of nitrogens with one attached hydrogen (secondary N) is 2. The molecule has 0 aromatic heterocycles. The number of benzene rings is 1. The van der Waals surface area contributed by atoms with Crippen molar-refractivity contribution < 1.29 is 27.5 Å². The summed E-state index contributed by atoms with van der Waals surface area (Å²) in [5.41, 5.74) is 0.109. The van der Waals surface area contributed by atoms with E-state index in [0.29, 0.717) is 25.7 Å². The first kappa shape index (κ1) is 18.2. The van der Waals surface area contributed by atoms with Gasteiger partial charge in [-0.1, -0.05) is 0 Å². The minimum Gasteiger partial charge on any atom is -0.481 e. The molecule has 7 nitrogen and oxygen atoms in total. The van der Waals surface area contributed by atoms with Crippen molar-refractivity contribution in [1.82, 2.24) is 0 Å². The van der Waals surface area contributed by atoms with Gasteiger partial charge in [-0.15, -0.1) is 0 Å². The zero-order chi connectivity index (χ0) is 17.9. The highest BCUT2D eigenvalue weighted by molar-refractivity contribution is 7.92. The van der Waals surface area contributed by atoms with Gasteiger partial charge in [0.1, 0.15) is 5.82 Å². The Kier molecular flexibility index (Phi) is 5.43. The summed E-state index contributed by atoms with van der Waals surface area (Å²) in [6, 6.07) is 3.38. The highest BCUT2D eigenvalue weighted by Crippen LogP contribution is 2.31. The summed E-state index contributed by atoms with van der Waals surface area (Å²) in [7, 11) is -3.63. The maximum Gasteiger partial charge on any atom is 0.306 e. The van der Waals surface area contributed by atoms with Crippen LogP contribution in [0.2, 0.25) is 0 Å². The van der Waals surface area contributed by atoms with E-state index < -0.39 is 27.7 Å². The van der Waals surface area contributed by atoms with Gasteiger partial charge in [0, 0.05) is 12.0 Å². The van der Waals surface area contributed by atoms with Crippen molar-refractivity contribution in [2.45, 2.75) is 25.7 Å². The second-order valence-electron chi connectivity index (χ2n) is 5.94. The number of carbonyl (C=O) groups excluding carboxylic acids is 1. The summed E-state index contributed by atoms with van der Waals surface area (Å²) in [5, 5.41) is 11.6. The minimum absolute atomic E-state index is 0.0509. The molecule has 1 fully saturated rings. The van der Waals surface area contributed by atoms with E-state index in [1.165, 1.54) is 6.07 Å². The van der Waals surface area contributed by atoms with E-state index in [9.17, 15) is 22.4 Å². The first-order valence-corrected chi connectivity index (χ1v) is 9.36. The molecule has 0 unspecified atom stereocenters. The molecule has 9 heteroatoms. The lowest BCUT2D eigenvalue weighted by Gasteiger charge is -2.25. The molecule has 1 amide bonds. The predicted molar refractivity (Wildman–Crippen MR) is 86.6 cm³/mol. The van der Waals surface area contributed by atoms with Gasteiger partial charge in [-0.25, -0.2) is 12.8 Å². The number of carboxylic acids is 1. The highest BCUT2D eigenvalue weighted by Gasteiger charge is 2.30. The summed E-state index contributed by atoms with van der Waals surface area (Å²) in [6.45, 7) is 0. The Balaban J connectivity index is 2.08. The summed E-state index contributed by atoms with van der Waals surface area (Å²) >= 11 is 0. The zero-order valence-electron chi connectivity index (χ0n) is 13.1. The van der Waals surface area contributed by atoms with Crippen LogP contribution in [-0.4, -0.2) is 31.7 Å². The molecule has 3 N–H and O–H groups in total. The van der Waals surface area contributed by atoms with E-state index in [-0.39, 0.29) is 23.2 Å². The van der Waals surface area contributed by atoms with Gasteiger partial charge >= 0.3 is 5.97 Å². The summed E-state index contributed by atoms with van der Waals surface area (Å²) < 4.78 is 38.2. The fourth-order valence-corrected chi connectivity index (χ4v) is 3.32. The van der Waals surface area contributed by atoms with Crippen molar-refractivity contribution in [3.05, 3.63) is 24.0 Å². The Bertz CT molecular complexity index is 742. The van der Waals surface area contributed by atoms with Gasteiger partial charge in [0.2, 0.25) is 15.9 Å². The van der Waals surface area contributed by atoms with E-state index in [0.717, 1.165) is 18.4 Å². The number of amides is 1. The Labute approximate surface area is 139 Å². The number of carbonyl (C=O) groups is 2. The smallest absolute Gasteiger partial charge is 0.306 e. The zero-order valence-corrected chi connectivity index (χ0v) is 13.9. The van der Waals surface area contributed by atoms with Crippen LogP contribution in [0.1, 0.15) is 25.7 Å². The van der Waals surface area contributed by atoms with Crippen LogP contribution in [-0.2, 0) is 19.6 Å². The summed E-state index contributed by atoms with van der Waals surface area (Å²) in [4.78, 5) is 23.2. The lowest BCUT2D eigenvalue weighted by atomic mass is 9.81. The molecular weight excluding hydrogens is 339 g/mol. The third-order valence-corrected chi connectivity index (χ3v) is 4.57. The van der Waals surface area contributed by atoms with Crippen molar-refractivity contribution >= 4 is 33.3 Å². The van der Waals surface area contributed by atoms with E-state index >= 15 is 0 Å². The molecule has 1 aromatic carbocycles. The van der Waals surface area contributed by atoms with Crippen LogP contribution in [0.4, 0.5) is 15.8 Å². The molecular formula is C15H19FN2O5S. The van der Waals surface area contributed by atoms with Crippen LogP contribution in [0.3, 0.4) is 0 Å². The number of carboxylic acid groups (broad SMARTS) is 1. The fourth-order valence-electron chi connectivity index (χ4n) is 2.75. The quantitative estimate of drug-likeness (QED) is 0.745. The summed E-state index contributed by atoms with van der Waals surface area (Å²) in [6.07, 6.45) is 2.66. The first-order valence-electron chi connectivity index (χ1n) is 7.46. The second-order valence-corrected chi connectivity index (χ2v) is 7.69. The number of aliphatic carboxylic acids is 1. The number of hydrogen-bond acceptors (Lipinski definition) is 4. The van der Waals surface area contributed by atoms with Crippen molar-refractivity contribution in [3.8, 4) is 0 Å². The van der Waals surface area contributed by atoms with Crippen LogP contribution in [0.5, 0.6) is 0 Å². The van der Waals surface area contributed by atoms with Crippen LogP contribution >= 0.6 is 0 Å². The van der Waals surface area contributed by atoms with Crippen LogP contribution in [0.25, 0.3) is 0 Å². The average Bonchev–Trinajstić information content (AvgIpc) is 2.48. The van der Waals surface area contributed by atoms with Crippen LogP contribution in [0, 0.1) is 17.7 Å². The molecule has 1 aromatic rings. The van der Waals surface area contributed by atoms with Gasteiger partial charge in [-0.05, 0) is 37.8 Å². The fraction of sp³-hybridized carbons (Fsp3) is 0.467. The molecule has 0 aliphatic heterocycles. The molecule has 0 saturated heterocycles. The SMILES string of the molecule is CS(=O)(=O)Nc1cc(F)ccc1NC(=O)C1CCC(C(=O)O)CC1. The summed E-state index contributed by atoms with van der Waals surface area (Å²) in [5.74, 6) is -2.60. The molecule has 0 spiro atoms. The molecule has 0 radical (unpaired) electrons. The predicted octanol–water partition coefficient (Wildman–Crippen LogP) is 2.03. The molecule has 0 bridgehead atoms. The number of halogens is 1. The van der Waals surface area contributed by atoms with Gasteiger partial charge in [-0.3, -0.25) is 14.3 Å². The number of hydrogen-bond donors (Lipinski definition) is 3. The van der Waals surface area contributed by atoms with Gasteiger partial charge in [0.15, 0.2) is 0 Å². The first-order chi connectivity index (χ1) is 11.2. The molecule has 1 aliphatic rings. The molecule has 1 aliphatic carbocycles. The number of anilines is 2. The highest BCUT2D eigenvalue weighted by atomic mass is 32.2. The van der Waals surface area contributed by atoms with Gasteiger partial charge in [0.05, 0.1) is 23.5 Å². The Morgan fingerprint density at radius 1 is 1.12 bits per heavy atom. The van der Waals surface area contributed by atoms with E-state index in [4.69, 9.17) is 5.11 Å². The van der Waals surface area contributed by atoms with E-state index in [1.807, 2.05) is 0 Å². The molecule has 1 saturated carbocycles. The molecule has 0 heterocycles. The minimum atomic E-state index is -3.63. The number of rotatable bonds is 5. The standard InChI is InChI=1S/C15H19FN2O5S/c1-24(22,23)18-13-8-11(16)6-7-12(13)17-14(19)9-2-4-10(5-3-9)15(20)21/h6-10,18H,2-5H2,1H3,(H,17,19)(H,20,21). The lowest BCUT2D eigenvalue weighted by Crippen LogP contribution is -2.29. The van der Waals surface area contributed by atoms with Crippen molar-refractivity contribution in [2.24, 2.45) is 11.8 Å². The van der Waals surface area contributed by atoms with Gasteiger partial charge in [0.25, 0.3) is 0 Å². The van der Waals surface area contributed by atoms with Crippen LogP contribution in [0.15, 0.2) is 18.2 Å². The van der Waals surface area contributed by atoms with Gasteiger partial charge in [-0.2, -0.15) is 0 Å². The largest absolute Gasteiger partial charge is 0.481 e. The lowest BCUT2D eigenvalue weighted by molar-refractivity contribution is -0.143.